The van der Waals surface area contributed by atoms with E-state index >= 15 is 0 Å². The van der Waals surface area contributed by atoms with Crippen LogP contribution in [0.2, 0.25) is 0 Å². The Hall–Kier alpha value is -2.71. The van der Waals surface area contributed by atoms with E-state index in [1.807, 2.05) is 68.4 Å². The summed E-state index contributed by atoms with van der Waals surface area (Å²) in [6.07, 6.45) is 0.984. The number of hydrogen-bond acceptors (Lipinski definition) is 6. The molecule has 150 valence electrons. The van der Waals surface area contributed by atoms with Crippen LogP contribution in [0.15, 0.2) is 59.5 Å². The van der Waals surface area contributed by atoms with Crippen molar-refractivity contribution in [2.75, 3.05) is 10.6 Å². The van der Waals surface area contributed by atoms with Gasteiger partial charge in [0.05, 0.1) is 11.7 Å². The number of carbonyl (C=O) groups is 2. The van der Waals surface area contributed by atoms with Crippen molar-refractivity contribution in [1.29, 1.82) is 0 Å². The molecule has 1 aromatic heterocycles. The number of nitrogens with one attached hydrogen (secondary N) is 2. The second-order valence-electron chi connectivity index (χ2n) is 6.37. The molecule has 29 heavy (non-hydrogen) atoms. The molecule has 2 aromatic carbocycles. The van der Waals surface area contributed by atoms with Crippen molar-refractivity contribution in [2.45, 2.75) is 36.8 Å². The molecule has 0 aliphatic heterocycles. The Morgan fingerprint density at radius 2 is 1.86 bits per heavy atom. The molecular weight excluding hydrogens is 404 g/mol. The highest BCUT2D eigenvalue weighted by Crippen LogP contribution is 2.29. The van der Waals surface area contributed by atoms with Gasteiger partial charge in [-0.15, -0.1) is 22.0 Å². The Balaban J connectivity index is 1.60. The highest BCUT2D eigenvalue weighted by atomic mass is 32.2. The van der Waals surface area contributed by atoms with Crippen LogP contribution in [0.3, 0.4) is 0 Å². The molecule has 0 aliphatic rings. The third-order valence-electron chi connectivity index (χ3n) is 4.02. The minimum Gasteiger partial charge on any atom is -0.326 e. The summed E-state index contributed by atoms with van der Waals surface area (Å²) < 4.78 is 0. The third-order valence-corrected chi connectivity index (χ3v) is 6.14. The van der Waals surface area contributed by atoms with E-state index in [-0.39, 0.29) is 17.1 Å². The maximum Gasteiger partial charge on any atom is 0.239 e. The summed E-state index contributed by atoms with van der Waals surface area (Å²) in [6.45, 7) is 3.81. The first-order valence-electron chi connectivity index (χ1n) is 9.25. The highest BCUT2D eigenvalue weighted by molar-refractivity contribution is 8.00. The summed E-state index contributed by atoms with van der Waals surface area (Å²) in [5.74, 6) is -0.179. The van der Waals surface area contributed by atoms with E-state index in [1.54, 1.807) is 0 Å². The van der Waals surface area contributed by atoms with Crippen molar-refractivity contribution in [1.82, 2.24) is 10.2 Å². The molecule has 0 saturated carbocycles. The first kappa shape index (κ1) is 21.0. The number of hydrogen-bond donors (Lipinski definition) is 2. The number of carbonyl (C=O) groups excluding carboxylic acids is 2. The molecule has 1 heterocycles. The zero-order valence-electron chi connectivity index (χ0n) is 16.2. The maximum absolute atomic E-state index is 12.6. The fourth-order valence-electron chi connectivity index (χ4n) is 2.65. The van der Waals surface area contributed by atoms with Gasteiger partial charge in [-0.05, 0) is 37.1 Å². The maximum atomic E-state index is 12.6. The van der Waals surface area contributed by atoms with Crippen molar-refractivity contribution in [3.05, 3.63) is 65.2 Å². The van der Waals surface area contributed by atoms with Gasteiger partial charge in [0, 0.05) is 10.6 Å². The van der Waals surface area contributed by atoms with Crippen LogP contribution in [0.25, 0.3) is 0 Å². The van der Waals surface area contributed by atoms with Crippen molar-refractivity contribution in [3.63, 3.8) is 0 Å². The zero-order valence-corrected chi connectivity index (χ0v) is 17.8. The van der Waals surface area contributed by atoms with Crippen molar-refractivity contribution >= 4 is 45.7 Å². The quantitative estimate of drug-likeness (QED) is 0.517. The van der Waals surface area contributed by atoms with Gasteiger partial charge >= 0.3 is 0 Å². The number of anilines is 2. The van der Waals surface area contributed by atoms with Crippen LogP contribution in [0.1, 0.15) is 23.9 Å². The molecule has 2 N–H and O–H groups in total. The largest absolute Gasteiger partial charge is 0.326 e. The molecule has 0 aliphatic carbocycles. The molecule has 1 unspecified atom stereocenters. The van der Waals surface area contributed by atoms with Gasteiger partial charge < -0.3 is 5.32 Å². The van der Waals surface area contributed by atoms with Gasteiger partial charge in [-0.3, -0.25) is 14.9 Å². The summed E-state index contributed by atoms with van der Waals surface area (Å²) in [6, 6.07) is 17.1. The second-order valence-corrected chi connectivity index (χ2v) is 8.83. The van der Waals surface area contributed by atoms with Crippen molar-refractivity contribution in [3.8, 4) is 0 Å². The van der Waals surface area contributed by atoms with Crippen molar-refractivity contribution in [2.24, 2.45) is 0 Å². The fraction of sp³-hybridized carbons (Fsp3) is 0.238. The lowest BCUT2D eigenvalue weighted by Crippen LogP contribution is -2.24. The van der Waals surface area contributed by atoms with Crippen LogP contribution in [0, 0.1) is 6.92 Å². The molecule has 6 nitrogen and oxygen atoms in total. The zero-order chi connectivity index (χ0) is 20.6. The van der Waals surface area contributed by atoms with Gasteiger partial charge in [-0.1, -0.05) is 54.7 Å². The molecule has 0 fully saturated rings. The molecule has 0 saturated heterocycles. The average Bonchev–Trinajstić information content (AvgIpc) is 3.11. The fourth-order valence-corrected chi connectivity index (χ4v) is 4.26. The van der Waals surface area contributed by atoms with Crippen LogP contribution in [-0.4, -0.2) is 27.3 Å². The van der Waals surface area contributed by atoms with Gasteiger partial charge in [0.15, 0.2) is 0 Å². The Kier molecular flexibility index (Phi) is 7.37. The molecule has 3 aromatic rings. The van der Waals surface area contributed by atoms with E-state index < -0.39 is 0 Å². The minimum atomic E-state index is -0.269. The Bertz CT molecular complexity index is 976. The number of aryl methyl sites for hydroxylation is 1. The first-order valence-corrected chi connectivity index (χ1v) is 10.9. The number of thioether (sulfide) groups is 1. The van der Waals surface area contributed by atoms with Gasteiger partial charge in [-0.25, -0.2) is 0 Å². The average molecular weight is 427 g/mol. The molecule has 2 amide bonds. The van der Waals surface area contributed by atoms with Crippen molar-refractivity contribution < 1.29 is 9.59 Å². The van der Waals surface area contributed by atoms with Gasteiger partial charge in [0.2, 0.25) is 16.9 Å². The lowest BCUT2D eigenvalue weighted by molar-refractivity contribution is -0.116. The van der Waals surface area contributed by atoms with Gasteiger partial charge in [0.1, 0.15) is 5.01 Å². The van der Waals surface area contributed by atoms with Crippen LogP contribution in [0.5, 0.6) is 0 Å². The molecule has 0 spiro atoms. The number of rotatable bonds is 8. The lowest BCUT2D eigenvalue weighted by atomic mass is 10.1. The Labute approximate surface area is 178 Å². The summed E-state index contributed by atoms with van der Waals surface area (Å²) in [7, 11) is 0. The summed E-state index contributed by atoms with van der Waals surface area (Å²) >= 11 is 2.81. The smallest absolute Gasteiger partial charge is 0.239 e. The minimum absolute atomic E-state index is 0.0743. The topological polar surface area (TPSA) is 84.0 Å². The monoisotopic (exact) mass is 426 g/mol. The van der Waals surface area contributed by atoms with E-state index in [4.69, 9.17) is 0 Å². The molecule has 0 bridgehead atoms. The highest BCUT2D eigenvalue weighted by Gasteiger charge is 2.19. The number of nitrogens with zero attached hydrogens (tertiary/aromatic N) is 2. The number of amides is 2. The molecule has 1 atom stereocenters. The van der Waals surface area contributed by atoms with E-state index in [0.717, 1.165) is 15.5 Å². The SMILES string of the molecule is CCC(Sc1cccc(NC(=O)Cc2ccccc2)c1)C(=O)Nc1nnc(C)s1. The molecule has 0 radical (unpaired) electrons. The van der Waals surface area contributed by atoms with E-state index in [0.29, 0.717) is 23.7 Å². The second kappa shape index (κ2) is 10.2. The van der Waals surface area contributed by atoms with Crippen LogP contribution in [-0.2, 0) is 16.0 Å². The van der Waals surface area contributed by atoms with Crippen LogP contribution < -0.4 is 10.6 Å². The van der Waals surface area contributed by atoms with E-state index in [1.165, 1.54) is 23.1 Å². The summed E-state index contributed by atoms with van der Waals surface area (Å²) in [4.78, 5) is 25.8. The predicted octanol–water partition coefficient (Wildman–Crippen LogP) is 4.54. The summed E-state index contributed by atoms with van der Waals surface area (Å²) in [5, 5.41) is 14.6. The standard InChI is InChI=1S/C21H22N4O2S2/c1-3-18(20(27)23-21-25-24-14(2)28-21)29-17-11-7-10-16(13-17)22-19(26)12-15-8-5-4-6-9-15/h4-11,13,18H,3,12H2,1-2H3,(H,22,26)(H,23,25,27). The van der Waals surface area contributed by atoms with E-state index in [2.05, 4.69) is 20.8 Å². The lowest BCUT2D eigenvalue weighted by Gasteiger charge is -2.14. The van der Waals surface area contributed by atoms with E-state index in [9.17, 15) is 9.59 Å². The number of benzene rings is 2. The molecular formula is C21H22N4O2S2. The molecule has 8 heteroatoms. The predicted molar refractivity (Wildman–Crippen MR) is 118 cm³/mol. The summed E-state index contributed by atoms with van der Waals surface area (Å²) in [5.41, 5.74) is 1.68. The van der Waals surface area contributed by atoms with Crippen LogP contribution >= 0.6 is 23.1 Å². The third kappa shape index (κ3) is 6.40. The number of aromatic nitrogens is 2. The van der Waals surface area contributed by atoms with Gasteiger partial charge in [0.25, 0.3) is 0 Å². The van der Waals surface area contributed by atoms with Gasteiger partial charge in [-0.2, -0.15) is 0 Å². The first-order chi connectivity index (χ1) is 14.0. The molecule has 3 rings (SSSR count). The normalized spacial score (nSPS) is 11.7. The Morgan fingerprint density at radius 1 is 1.07 bits per heavy atom. The van der Waals surface area contributed by atoms with Crippen LogP contribution in [0.4, 0.5) is 10.8 Å². The Morgan fingerprint density at radius 3 is 2.55 bits per heavy atom.